The van der Waals surface area contributed by atoms with Crippen molar-refractivity contribution >= 4 is 34.7 Å². The SMILES string of the molecule is CCCCCCCCOc1ccc(/C=C2\SC(=O)N(c3ccccc3C)C2=O)cc1OC. The highest BCUT2D eigenvalue weighted by atomic mass is 32.2. The van der Waals surface area contributed by atoms with Crippen LogP contribution in [0.3, 0.4) is 0 Å². The summed E-state index contributed by atoms with van der Waals surface area (Å²) in [6.07, 6.45) is 8.97. The number of ether oxygens (including phenoxy) is 2. The third-order valence-electron chi connectivity index (χ3n) is 5.39. The molecule has 1 saturated heterocycles. The molecule has 170 valence electrons. The number of imide groups is 1. The molecule has 0 unspecified atom stereocenters. The summed E-state index contributed by atoms with van der Waals surface area (Å²) in [5.74, 6) is 0.991. The summed E-state index contributed by atoms with van der Waals surface area (Å²) in [5, 5.41) is -0.290. The van der Waals surface area contributed by atoms with E-state index in [0.29, 0.717) is 28.7 Å². The first-order valence-electron chi connectivity index (χ1n) is 11.2. The molecule has 5 nitrogen and oxygen atoms in total. The lowest BCUT2D eigenvalue weighted by molar-refractivity contribution is -0.113. The Labute approximate surface area is 194 Å². The van der Waals surface area contributed by atoms with Gasteiger partial charge in [0.2, 0.25) is 0 Å². The molecule has 1 aliphatic heterocycles. The normalized spacial score (nSPS) is 15.0. The summed E-state index contributed by atoms with van der Waals surface area (Å²) in [7, 11) is 1.60. The fourth-order valence-electron chi connectivity index (χ4n) is 3.60. The van der Waals surface area contributed by atoms with Crippen molar-refractivity contribution in [3.8, 4) is 11.5 Å². The van der Waals surface area contributed by atoms with Crippen molar-refractivity contribution in [3.63, 3.8) is 0 Å². The van der Waals surface area contributed by atoms with Gasteiger partial charge in [0.15, 0.2) is 11.5 Å². The molecule has 2 amide bonds. The van der Waals surface area contributed by atoms with Crippen LogP contribution in [-0.2, 0) is 4.79 Å². The molecule has 3 rings (SSSR count). The lowest BCUT2D eigenvalue weighted by Crippen LogP contribution is -2.28. The number of unbranched alkanes of at least 4 members (excludes halogenated alkanes) is 5. The second-order valence-corrected chi connectivity index (χ2v) is 8.82. The van der Waals surface area contributed by atoms with Crippen molar-refractivity contribution in [2.45, 2.75) is 52.4 Å². The minimum Gasteiger partial charge on any atom is -0.493 e. The van der Waals surface area contributed by atoms with Gasteiger partial charge in [-0.2, -0.15) is 0 Å². The van der Waals surface area contributed by atoms with Crippen molar-refractivity contribution in [1.29, 1.82) is 0 Å². The third-order valence-corrected chi connectivity index (χ3v) is 6.26. The van der Waals surface area contributed by atoms with Crippen molar-refractivity contribution in [1.82, 2.24) is 0 Å². The zero-order chi connectivity index (χ0) is 22.9. The number of hydrogen-bond acceptors (Lipinski definition) is 5. The van der Waals surface area contributed by atoms with Crippen molar-refractivity contribution in [3.05, 3.63) is 58.5 Å². The number of carbonyl (C=O) groups excluding carboxylic acids is 2. The van der Waals surface area contributed by atoms with Crippen molar-refractivity contribution < 1.29 is 19.1 Å². The standard InChI is InChI=1S/C26H31NO4S/c1-4-5-6-7-8-11-16-31-22-15-14-20(17-23(22)30-3)18-24-25(28)27(26(29)32-24)21-13-10-9-12-19(21)2/h9-10,12-15,17-18H,4-8,11,16H2,1-3H3/b24-18-. The van der Waals surface area contributed by atoms with Crippen LogP contribution in [-0.4, -0.2) is 24.9 Å². The van der Waals surface area contributed by atoms with Crippen LogP contribution in [0.2, 0.25) is 0 Å². The molecular formula is C26H31NO4S. The summed E-state index contributed by atoms with van der Waals surface area (Å²) in [5.41, 5.74) is 2.28. The Morgan fingerprint density at radius 2 is 1.72 bits per heavy atom. The predicted octanol–water partition coefficient (Wildman–Crippen LogP) is 6.98. The van der Waals surface area contributed by atoms with E-state index in [2.05, 4.69) is 6.92 Å². The number of carbonyl (C=O) groups is 2. The number of hydrogen-bond donors (Lipinski definition) is 0. The summed E-state index contributed by atoms with van der Waals surface area (Å²) in [4.78, 5) is 27.1. The van der Waals surface area contributed by atoms with Crippen LogP contribution in [0.15, 0.2) is 47.4 Å². The first kappa shape index (κ1) is 23.9. The first-order chi connectivity index (χ1) is 15.5. The van der Waals surface area contributed by atoms with Crippen LogP contribution in [0, 0.1) is 6.92 Å². The number of nitrogens with zero attached hydrogens (tertiary/aromatic N) is 1. The fourth-order valence-corrected chi connectivity index (χ4v) is 4.43. The Bertz CT molecular complexity index is 986. The zero-order valence-corrected chi connectivity index (χ0v) is 19.9. The van der Waals surface area contributed by atoms with Gasteiger partial charge in [0.05, 0.1) is 24.3 Å². The molecule has 2 aromatic carbocycles. The first-order valence-corrected chi connectivity index (χ1v) is 12.0. The minimum atomic E-state index is -0.309. The van der Waals surface area contributed by atoms with E-state index in [1.54, 1.807) is 19.3 Å². The molecule has 0 aliphatic carbocycles. The molecule has 2 aromatic rings. The van der Waals surface area contributed by atoms with E-state index in [1.807, 2.05) is 43.3 Å². The van der Waals surface area contributed by atoms with Gasteiger partial charge < -0.3 is 9.47 Å². The summed E-state index contributed by atoms with van der Waals surface area (Å²) in [6.45, 7) is 4.75. The number of rotatable bonds is 11. The fraction of sp³-hybridized carbons (Fsp3) is 0.385. The molecule has 32 heavy (non-hydrogen) atoms. The van der Waals surface area contributed by atoms with Gasteiger partial charge in [0.25, 0.3) is 11.1 Å². The quantitative estimate of drug-likeness (QED) is 0.271. The topological polar surface area (TPSA) is 55.8 Å². The second-order valence-electron chi connectivity index (χ2n) is 7.83. The minimum absolute atomic E-state index is 0.290. The molecule has 1 aliphatic rings. The van der Waals surface area contributed by atoms with E-state index in [4.69, 9.17) is 9.47 Å². The van der Waals surface area contributed by atoms with Gasteiger partial charge in [0.1, 0.15) is 0 Å². The molecule has 0 spiro atoms. The Morgan fingerprint density at radius 3 is 2.47 bits per heavy atom. The Kier molecular flexibility index (Phi) is 8.80. The highest BCUT2D eigenvalue weighted by molar-refractivity contribution is 8.19. The van der Waals surface area contributed by atoms with Gasteiger partial charge in [-0.15, -0.1) is 0 Å². The maximum Gasteiger partial charge on any atom is 0.298 e. The van der Waals surface area contributed by atoms with E-state index < -0.39 is 0 Å². The smallest absolute Gasteiger partial charge is 0.298 e. The maximum absolute atomic E-state index is 12.9. The van der Waals surface area contributed by atoms with Crippen LogP contribution < -0.4 is 14.4 Å². The summed E-state index contributed by atoms with van der Waals surface area (Å²) >= 11 is 0.949. The molecule has 6 heteroatoms. The van der Waals surface area contributed by atoms with Crippen LogP contribution in [0.4, 0.5) is 10.5 Å². The van der Waals surface area contributed by atoms with Crippen molar-refractivity contribution in [2.75, 3.05) is 18.6 Å². The molecule has 0 N–H and O–H groups in total. The van der Waals surface area contributed by atoms with Crippen LogP contribution in [0.25, 0.3) is 6.08 Å². The number of thioether (sulfide) groups is 1. The second kappa shape index (κ2) is 11.8. The van der Waals surface area contributed by atoms with E-state index in [0.717, 1.165) is 35.7 Å². The lowest BCUT2D eigenvalue weighted by atomic mass is 10.1. The number of aryl methyl sites for hydroxylation is 1. The van der Waals surface area contributed by atoms with E-state index >= 15 is 0 Å². The number of methoxy groups -OCH3 is 1. The highest BCUT2D eigenvalue weighted by Crippen LogP contribution is 2.38. The maximum atomic E-state index is 12.9. The molecule has 0 radical (unpaired) electrons. The number of anilines is 1. The number of para-hydroxylation sites is 1. The highest BCUT2D eigenvalue weighted by Gasteiger charge is 2.36. The molecule has 0 aromatic heterocycles. The van der Waals surface area contributed by atoms with Gasteiger partial charge in [-0.05, 0) is 60.5 Å². The van der Waals surface area contributed by atoms with Gasteiger partial charge in [-0.1, -0.05) is 63.3 Å². The Hall–Kier alpha value is -2.73. The molecular weight excluding hydrogens is 422 g/mol. The molecule has 0 atom stereocenters. The Balaban J connectivity index is 1.66. The largest absolute Gasteiger partial charge is 0.493 e. The van der Waals surface area contributed by atoms with Crippen LogP contribution in [0.5, 0.6) is 11.5 Å². The van der Waals surface area contributed by atoms with Crippen LogP contribution >= 0.6 is 11.8 Å². The van der Waals surface area contributed by atoms with Gasteiger partial charge in [-0.25, -0.2) is 4.90 Å². The summed E-state index contributed by atoms with van der Waals surface area (Å²) in [6, 6.07) is 12.9. The average Bonchev–Trinajstić information content (AvgIpc) is 3.06. The number of amides is 2. The van der Waals surface area contributed by atoms with Gasteiger partial charge >= 0.3 is 0 Å². The van der Waals surface area contributed by atoms with Crippen LogP contribution in [0.1, 0.15) is 56.6 Å². The monoisotopic (exact) mass is 453 g/mol. The van der Waals surface area contributed by atoms with Gasteiger partial charge in [0, 0.05) is 0 Å². The molecule has 0 saturated carbocycles. The summed E-state index contributed by atoms with van der Waals surface area (Å²) < 4.78 is 11.4. The zero-order valence-electron chi connectivity index (χ0n) is 19.1. The van der Waals surface area contributed by atoms with E-state index in [-0.39, 0.29) is 11.1 Å². The van der Waals surface area contributed by atoms with E-state index in [9.17, 15) is 9.59 Å². The molecule has 0 bridgehead atoms. The predicted molar refractivity (Wildman–Crippen MR) is 131 cm³/mol. The number of benzene rings is 2. The lowest BCUT2D eigenvalue weighted by Gasteiger charge is -2.14. The molecule has 1 heterocycles. The van der Waals surface area contributed by atoms with Gasteiger partial charge in [-0.3, -0.25) is 9.59 Å². The van der Waals surface area contributed by atoms with E-state index in [1.165, 1.54) is 30.6 Å². The third kappa shape index (κ3) is 5.94. The van der Waals surface area contributed by atoms with Crippen molar-refractivity contribution in [2.24, 2.45) is 0 Å². The Morgan fingerprint density at radius 1 is 0.969 bits per heavy atom. The average molecular weight is 454 g/mol. The molecule has 1 fully saturated rings.